The van der Waals surface area contributed by atoms with Crippen LogP contribution in [0.1, 0.15) is 28.4 Å². The second-order valence-electron chi connectivity index (χ2n) is 9.63. The average Bonchev–Trinajstić information content (AvgIpc) is 3.43. The summed E-state index contributed by atoms with van der Waals surface area (Å²) in [5, 5.41) is 9.02. The summed E-state index contributed by atoms with van der Waals surface area (Å²) >= 11 is 2.77. The quantitative estimate of drug-likeness (QED) is 0.107. The van der Waals surface area contributed by atoms with Gasteiger partial charge in [-0.15, -0.1) is 11.8 Å². The molecule has 0 unspecified atom stereocenters. The van der Waals surface area contributed by atoms with Crippen LogP contribution in [0.5, 0.6) is 5.75 Å². The molecule has 44 heavy (non-hydrogen) atoms. The minimum absolute atomic E-state index is 0.118. The number of nitrogens with one attached hydrogen (secondary N) is 3. The minimum atomic E-state index is -0.457. The zero-order valence-corrected chi connectivity index (χ0v) is 25.8. The van der Waals surface area contributed by atoms with Crippen molar-refractivity contribution in [1.29, 1.82) is 0 Å². The van der Waals surface area contributed by atoms with Gasteiger partial charge in [-0.2, -0.15) is 0 Å². The maximum atomic E-state index is 13.3. The van der Waals surface area contributed by atoms with Crippen LogP contribution in [0.3, 0.4) is 0 Å². The lowest BCUT2D eigenvalue weighted by atomic mass is 10.1. The van der Waals surface area contributed by atoms with Crippen molar-refractivity contribution in [2.24, 2.45) is 0 Å². The van der Waals surface area contributed by atoms with E-state index in [9.17, 15) is 14.4 Å². The molecule has 10 heteroatoms. The van der Waals surface area contributed by atoms with Gasteiger partial charge in [0.05, 0.1) is 22.6 Å². The molecule has 0 saturated heterocycles. The normalized spacial score (nSPS) is 11.2. The van der Waals surface area contributed by atoms with E-state index in [-0.39, 0.29) is 23.3 Å². The summed E-state index contributed by atoms with van der Waals surface area (Å²) in [6, 6.07) is 29.2. The Hall–Kier alpha value is -4.93. The lowest BCUT2D eigenvalue weighted by Gasteiger charge is -2.12. The van der Waals surface area contributed by atoms with Gasteiger partial charge in [-0.1, -0.05) is 53.8 Å². The number of carbonyl (C=O) groups excluding carboxylic acids is 3. The molecule has 0 aliphatic carbocycles. The first-order valence-electron chi connectivity index (χ1n) is 13.9. The van der Waals surface area contributed by atoms with Gasteiger partial charge in [-0.3, -0.25) is 14.4 Å². The molecular formula is C34H30N4O4S2. The second kappa shape index (κ2) is 14.5. The molecule has 4 aromatic carbocycles. The van der Waals surface area contributed by atoms with Crippen LogP contribution in [0.25, 0.3) is 16.3 Å². The Kier molecular flexibility index (Phi) is 10.1. The highest BCUT2D eigenvalue weighted by molar-refractivity contribution is 8.00. The molecule has 0 saturated carbocycles. The summed E-state index contributed by atoms with van der Waals surface area (Å²) in [6.07, 6.45) is 1.66. The van der Waals surface area contributed by atoms with Gasteiger partial charge in [0.15, 0.2) is 5.13 Å². The molecule has 1 aromatic heterocycles. The van der Waals surface area contributed by atoms with Gasteiger partial charge in [0.25, 0.3) is 11.8 Å². The third-order valence-electron chi connectivity index (χ3n) is 6.42. The highest BCUT2D eigenvalue weighted by Gasteiger charge is 2.16. The van der Waals surface area contributed by atoms with Crippen molar-refractivity contribution in [3.05, 3.63) is 119 Å². The van der Waals surface area contributed by atoms with E-state index in [4.69, 9.17) is 4.74 Å². The topological polar surface area (TPSA) is 109 Å². The zero-order valence-electron chi connectivity index (χ0n) is 24.1. The monoisotopic (exact) mass is 622 g/mol. The standard InChI is InChI=1S/C34H30N4O4S2/c1-3-42-26-15-18-28-30(20-26)44-34(37-28)38-31(39)21-43-27-16-13-25(14-17-27)35-33(41)29(19-24-12-8-7-9-22(24)2)36-32(40)23-10-5-4-6-11-23/h4-20H,3,21H2,1-2H3,(H,35,41)(H,36,40)(H,37,38,39)/b29-19-. The van der Waals surface area contributed by atoms with Crippen LogP contribution in [-0.2, 0) is 9.59 Å². The zero-order chi connectivity index (χ0) is 30.9. The first kappa shape index (κ1) is 30.5. The van der Waals surface area contributed by atoms with Gasteiger partial charge < -0.3 is 20.7 Å². The van der Waals surface area contributed by atoms with Gasteiger partial charge in [0.2, 0.25) is 5.91 Å². The second-order valence-corrected chi connectivity index (χ2v) is 11.7. The van der Waals surface area contributed by atoms with Gasteiger partial charge in [0, 0.05) is 16.1 Å². The minimum Gasteiger partial charge on any atom is -0.494 e. The van der Waals surface area contributed by atoms with Crippen LogP contribution in [0.15, 0.2) is 108 Å². The Morgan fingerprint density at radius 2 is 1.66 bits per heavy atom. The predicted octanol–water partition coefficient (Wildman–Crippen LogP) is 7.14. The summed E-state index contributed by atoms with van der Waals surface area (Å²) in [7, 11) is 0. The molecule has 0 bridgehead atoms. The molecule has 3 N–H and O–H groups in total. The molecule has 0 radical (unpaired) electrons. The Morgan fingerprint density at radius 1 is 0.909 bits per heavy atom. The fourth-order valence-electron chi connectivity index (χ4n) is 4.20. The number of aromatic nitrogens is 1. The van der Waals surface area contributed by atoms with Crippen LogP contribution in [0.2, 0.25) is 0 Å². The number of thiazole rings is 1. The number of nitrogens with zero attached hydrogens (tertiary/aromatic N) is 1. The molecular weight excluding hydrogens is 593 g/mol. The fraction of sp³-hybridized carbons (Fsp3) is 0.118. The summed E-state index contributed by atoms with van der Waals surface area (Å²) in [5.74, 6) is -0.0438. The van der Waals surface area contributed by atoms with E-state index in [1.54, 1.807) is 42.5 Å². The summed E-state index contributed by atoms with van der Waals surface area (Å²) in [5.41, 5.74) is 3.70. The fourth-order valence-corrected chi connectivity index (χ4v) is 5.81. The predicted molar refractivity (Wildman–Crippen MR) is 178 cm³/mol. The maximum absolute atomic E-state index is 13.3. The van der Waals surface area contributed by atoms with Crippen molar-refractivity contribution in [3.8, 4) is 5.75 Å². The Balaban J connectivity index is 1.20. The van der Waals surface area contributed by atoms with Crippen LogP contribution >= 0.6 is 23.1 Å². The third-order valence-corrected chi connectivity index (χ3v) is 8.36. The molecule has 0 aliphatic rings. The molecule has 0 aliphatic heterocycles. The molecule has 0 atom stereocenters. The van der Waals surface area contributed by atoms with Crippen LogP contribution < -0.4 is 20.7 Å². The number of anilines is 2. The maximum Gasteiger partial charge on any atom is 0.272 e. The van der Waals surface area contributed by atoms with E-state index in [2.05, 4.69) is 20.9 Å². The van der Waals surface area contributed by atoms with Crippen molar-refractivity contribution < 1.29 is 19.1 Å². The number of ether oxygens (including phenoxy) is 1. The molecule has 5 rings (SSSR count). The molecule has 0 fully saturated rings. The lowest BCUT2D eigenvalue weighted by Crippen LogP contribution is -2.30. The number of hydrogen-bond acceptors (Lipinski definition) is 7. The number of amides is 3. The van der Waals surface area contributed by atoms with Crippen molar-refractivity contribution in [3.63, 3.8) is 0 Å². The highest BCUT2D eigenvalue weighted by atomic mass is 32.2. The van der Waals surface area contributed by atoms with Gasteiger partial charge in [-0.25, -0.2) is 4.98 Å². The highest BCUT2D eigenvalue weighted by Crippen LogP contribution is 2.30. The molecule has 3 amide bonds. The Morgan fingerprint density at radius 3 is 2.41 bits per heavy atom. The van der Waals surface area contributed by atoms with E-state index in [1.807, 2.05) is 74.5 Å². The summed E-state index contributed by atoms with van der Waals surface area (Å²) in [4.78, 5) is 44.1. The smallest absolute Gasteiger partial charge is 0.272 e. The van der Waals surface area contributed by atoms with Crippen LogP contribution in [0, 0.1) is 6.92 Å². The van der Waals surface area contributed by atoms with Gasteiger partial charge in [-0.05, 0) is 85.6 Å². The Bertz CT molecular complexity index is 1820. The SMILES string of the molecule is CCOc1ccc2nc(NC(=O)CSc3ccc(NC(=O)/C(=C/c4ccccc4C)NC(=O)c4ccccc4)cc3)sc2c1. The van der Waals surface area contributed by atoms with Crippen LogP contribution in [-0.4, -0.2) is 35.1 Å². The molecule has 1 heterocycles. The average molecular weight is 623 g/mol. The van der Waals surface area contributed by atoms with Gasteiger partial charge >= 0.3 is 0 Å². The molecule has 8 nitrogen and oxygen atoms in total. The number of fused-ring (bicyclic) bond motifs is 1. The number of benzene rings is 4. The number of rotatable bonds is 11. The lowest BCUT2D eigenvalue weighted by molar-refractivity contribution is -0.114. The summed E-state index contributed by atoms with van der Waals surface area (Å²) in [6.45, 7) is 4.45. The van der Waals surface area contributed by atoms with E-state index in [0.29, 0.717) is 23.0 Å². The Labute approximate surface area is 263 Å². The summed E-state index contributed by atoms with van der Waals surface area (Å²) < 4.78 is 6.48. The largest absolute Gasteiger partial charge is 0.494 e. The van der Waals surface area contributed by atoms with Crippen LogP contribution in [0.4, 0.5) is 10.8 Å². The van der Waals surface area contributed by atoms with E-state index in [1.165, 1.54) is 23.1 Å². The molecule has 222 valence electrons. The van der Waals surface area contributed by atoms with E-state index < -0.39 is 5.91 Å². The number of thioether (sulfide) groups is 1. The van der Waals surface area contributed by atoms with E-state index >= 15 is 0 Å². The first-order chi connectivity index (χ1) is 21.4. The number of carbonyl (C=O) groups is 3. The van der Waals surface area contributed by atoms with Crippen molar-refractivity contribution in [1.82, 2.24) is 10.3 Å². The number of aryl methyl sites for hydroxylation is 1. The number of hydrogen-bond donors (Lipinski definition) is 3. The molecule has 0 spiro atoms. The third kappa shape index (κ3) is 8.12. The van der Waals surface area contributed by atoms with Crippen molar-refractivity contribution >= 4 is 67.9 Å². The van der Waals surface area contributed by atoms with Crippen molar-refractivity contribution in [2.45, 2.75) is 18.7 Å². The van der Waals surface area contributed by atoms with E-state index in [0.717, 1.165) is 32.0 Å². The van der Waals surface area contributed by atoms with Crippen molar-refractivity contribution in [2.75, 3.05) is 23.0 Å². The first-order valence-corrected chi connectivity index (χ1v) is 15.7. The van der Waals surface area contributed by atoms with Gasteiger partial charge in [0.1, 0.15) is 11.4 Å². The molecule has 5 aromatic rings.